The van der Waals surface area contributed by atoms with Crippen LogP contribution in [-0.2, 0) is 0 Å². The summed E-state index contributed by atoms with van der Waals surface area (Å²) in [5, 5.41) is 1.09. The maximum atomic E-state index is 10.0. The Morgan fingerprint density at radius 2 is 1.35 bits per heavy atom. The van der Waals surface area contributed by atoms with Crippen LogP contribution in [-0.4, -0.2) is 11.3 Å². The van der Waals surface area contributed by atoms with Crippen molar-refractivity contribution in [1.29, 1.82) is 0 Å². The molecule has 0 fully saturated rings. The Morgan fingerprint density at radius 3 is 1.96 bits per heavy atom. The minimum absolute atomic E-state index is 0.729. The summed E-state index contributed by atoms with van der Waals surface area (Å²) in [4.78, 5) is 14.6. The second kappa shape index (κ2) is 7.47. The minimum Gasteiger partial charge on any atom is -0.298 e. The first kappa shape index (κ1) is 15.1. The molecule has 1 heterocycles. The van der Waals surface area contributed by atoms with E-state index in [9.17, 15) is 4.79 Å². The smallest absolute Gasteiger partial charge is 0.150 e. The van der Waals surface area contributed by atoms with Crippen molar-refractivity contribution in [3.8, 4) is 10.6 Å². The van der Waals surface area contributed by atoms with Gasteiger partial charge in [-0.15, -0.1) is 11.3 Å². The number of carbonyl (C=O) groups excluding carboxylic acids is 1. The summed E-state index contributed by atoms with van der Waals surface area (Å²) in [5.41, 5.74) is 3.01. The molecule has 0 spiro atoms. The molecule has 0 radical (unpaired) electrons. The van der Waals surface area contributed by atoms with E-state index in [4.69, 9.17) is 0 Å². The van der Waals surface area contributed by atoms with Crippen LogP contribution < -0.4 is 0 Å². The maximum Gasteiger partial charge on any atom is 0.150 e. The summed E-state index contributed by atoms with van der Waals surface area (Å²) in [6.07, 6.45) is 0.833. The van der Waals surface area contributed by atoms with Crippen LogP contribution in [0.25, 0.3) is 20.8 Å². The predicted octanol–water partition coefficient (Wildman–Crippen LogP) is 5.46. The lowest BCUT2D eigenvalue weighted by atomic mass is 10.2. The molecule has 0 N–H and O–H groups in total. The number of rotatable bonds is 2. The van der Waals surface area contributed by atoms with Gasteiger partial charge in [0.25, 0.3) is 0 Å². The van der Waals surface area contributed by atoms with Gasteiger partial charge in [-0.1, -0.05) is 72.8 Å². The molecule has 0 bridgehead atoms. The molecule has 2 nitrogen and oxygen atoms in total. The number of para-hydroxylation sites is 1. The van der Waals surface area contributed by atoms with Crippen LogP contribution in [0.1, 0.15) is 10.4 Å². The fraction of sp³-hybridized carbons (Fsp3) is 0. The summed E-state index contributed by atoms with van der Waals surface area (Å²) < 4.78 is 1.25. The van der Waals surface area contributed by atoms with Crippen molar-refractivity contribution in [2.45, 2.75) is 0 Å². The maximum absolute atomic E-state index is 10.0. The topological polar surface area (TPSA) is 30.0 Å². The third-order valence-electron chi connectivity index (χ3n) is 3.25. The molecule has 3 heteroatoms. The van der Waals surface area contributed by atoms with Crippen molar-refractivity contribution in [1.82, 2.24) is 4.98 Å². The molecule has 0 aliphatic heterocycles. The van der Waals surface area contributed by atoms with E-state index in [0.29, 0.717) is 0 Å². The predicted molar refractivity (Wildman–Crippen MR) is 96.9 cm³/mol. The number of hydrogen-bond donors (Lipinski definition) is 0. The van der Waals surface area contributed by atoms with E-state index >= 15 is 0 Å². The van der Waals surface area contributed by atoms with E-state index in [1.807, 2.05) is 42.5 Å². The molecule has 0 aliphatic carbocycles. The van der Waals surface area contributed by atoms with Crippen molar-refractivity contribution in [3.05, 3.63) is 90.5 Å². The standard InChI is InChI=1S/C13H9NS.C7H6O/c1-2-6-10(7-3-1)13-14-11-8-4-5-9-12(11)15-13;8-6-7-4-2-1-3-5-7/h1-9H;1-6H. The molecule has 3 aromatic carbocycles. The highest BCUT2D eigenvalue weighted by Crippen LogP contribution is 2.29. The van der Waals surface area contributed by atoms with Crippen LogP contribution >= 0.6 is 11.3 Å². The van der Waals surface area contributed by atoms with Crippen molar-refractivity contribution in [2.75, 3.05) is 0 Å². The number of thiazole rings is 1. The van der Waals surface area contributed by atoms with E-state index < -0.39 is 0 Å². The third-order valence-corrected chi connectivity index (χ3v) is 4.34. The highest BCUT2D eigenvalue weighted by molar-refractivity contribution is 7.21. The van der Waals surface area contributed by atoms with Crippen LogP contribution in [0.5, 0.6) is 0 Å². The average Bonchev–Trinajstić information content (AvgIpc) is 3.08. The highest BCUT2D eigenvalue weighted by Gasteiger charge is 2.03. The Morgan fingerprint density at radius 1 is 0.739 bits per heavy atom. The van der Waals surface area contributed by atoms with E-state index in [2.05, 4.69) is 35.3 Å². The van der Waals surface area contributed by atoms with Gasteiger partial charge in [-0.05, 0) is 12.1 Å². The largest absolute Gasteiger partial charge is 0.298 e. The third kappa shape index (κ3) is 3.90. The Bertz CT molecular complexity index is 852. The molecule has 0 unspecified atom stereocenters. The summed E-state index contributed by atoms with van der Waals surface area (Å²) in [7, 11) is 0. The monoisotopic (exact) mass is 317 g/mol. The molecule has 0 saturated carbocycles. The van der Waals surface area contributed by atoms with Crippen molar-refractivity contribution in [3.63, 3.8) is 0 Å². The van der Waals surface area contributed by atoms with Gasteiger partial charge in [-0.3, -0.25) is 4.79 Å². The molecule has 4 rings (SSSR count). The molecule has 0 amide bonds. The number of aldehydes is 1. The first-order valence-corrected chi connectivity index (χ1v) is 8.10. The Hall–Kier alpha value is -2.78. The zero-order chi connectivity index (χ0) is 15.9. The number of nitrogens with zero attached hydrogens (tertiary/aromatic N) is 1. The summed E-state index contributed by atoms with van der Waals surface area (Å²) in [6, 6.07) is 27.6. The van der Waals surface area contributed by atoms with Crippen LogP contribution in [0.4, 0.5) is 0 Å². The molecular formula is C20H15NOS. The van der Waals surface area contributed by atoms with Crippen molar-refractivity contribution in [2.24, 2.45) is 0 Å². The molecule has 4 aromatic rings. The fourth-order valence-corrected chi connectivity index (χ4v) is 3.08. The van der Waals surface area contributed by atoms with Gasteiger partial charge >= 0.3 is 0 Å². The molecular weight excluding hydrogens is 302 g/mol. The molecule has 112 valence electrons. The average molecular weight is 317 g/mol. The minimum atomic E-state index is 0.729. The Kier molecular flexibility index (Phi) is 4.92. The van der Waals surface area contributed by atoms with Crippen molar-refractivity contribution < 1.29 is 4.79 Å². The van der Waals surface area contributed by atoms with Gasteiger partial charge in [-0.25, -0.2) is 4.98 Å². The Labute approximate surface area is 139 Å². The van der Waals surface area contributed by atoms with Gasteiger partial charge in [0.1, 0.15) is 11.3 Å². The number of fused-ring (bicyclic) bond motifs is 1. The van der Waals surface area contributed by atoms with E-state index in [0.717, 1.165) is 22.4 Å². The van der Waals surface area contributed by atoms with Gasteiger partial charge in [0, 0.05) is 11.1 Å². The molecule has 0 aliphatic rings. The van der Waals surface area contributed by atoms with E-state index in [-0.39, 0.29) is 0 Å². The molecule has 1 aromatic heterocycles. The normalized spacial score (nSPS) is 9.91. The lowest BCUT2D eigenvalue weighted by Gasteiger charge is -1.92. The van der Waals surface area contributed by atoms with E-state index in [1.165, 1.54) is 10.3 Å². The zero-order valence-electron chi connectivity index (χ0n) is 12.4. The van der Waals surface area contributed by atoms with Crippen LogP contribution in [0.3, 0.4) is 0 Å². The highest BCUT2D eigenvalue weighted by atomic mass is 32.1. The van der Waals surface area contributed by atoms with Crippen LogP contribution in [0.2, 0.25) is 0 Å². The summed E-state index contributed by atoms with van der Waals surface area (Å²) in [5.74, 6) is 0. The number of aromatic nitrogens is 1. The number of carbonyl (C=O) groups is 1. The van der Waals surface area contributed by atoms with Gasteiger partial charge in [-0.2, -0.15) is 0 Å². The molecule has 0 saturated heterocycles. The molecule has 23 heavy (non-hydrogen) atoms. The lowest BCUT2D eigenvalue weighted by Crippen LogP contribution is -1.73. The van der Waals surface area contributed by atoms with Crippen LogP contribution in [0, 0.1) is 0 Å². The van der Waals surface area contributed by atoms with Gasteiger partial charge in [0.15, 0.2) is 0 Å². The second-order valence-corrected chi connectivity index (χ2v) is 5.91. The van der Waals surface area contributed by atoms with E-state index in [1.54, 1.807) is 23.5 Å². The first-order valence-electron chi connectivity index (χ1n) is 7.28. The zero-order valence-corrected chi connectivity index (χ0v) is 13.2. The van der Waals surface area contributed by atoms with Crippen molar-refractivity contribution >= 4 is 27.8 Å². The summed E-state index contributed by atoms with van der Waals surface area (Å²) in [6.45, 7) is 0. The quantitative estimate of drug-likeness (QED) is 0.459. The second-order valence-electron chi connectivity index (χ2n) is 4.88. The first-order chi connectivity index (χ1) is 11.4. The fourth-order valence-electron chi connectivity index (χ4n) is 2.11. The number of benzene rings is 3. The van der Waals surface area contributed by atoms with Gasteiger partial charge in [0.2, 0.25) is 0 Å². The van der Waals surface area contributed by atoms with Crippen LogP contribution in [0.15, 0.2) is 84.9 Å². The number of hydrogen-bond acceptors (Lipinski definition) is 3. The SMILES string of the molecule is O=Cc1ccccc1.c1ccc(-c2nc3ccccc3s2)cc1. The Balaban J connectivity index is 0.000000166. The van der Waals surface area contributed by atoms with Gasteiger partial charge < -0.3 is 0 Å². The van der Waals surface area contributed by atoms with Gasteiger partial charge in [0.05, 0.1) is 10.2 Å². The molecule has 0 atom stereocenters. The lowest BCUT2D eigenvalue weighted by molar-refractivity contribution is 0.112. The summed E-state index contributed by atoms with van der Waals surface area (Å²) >= 11 is 1.74.